The number of anilines is 1. The molecule has 174 valence electrons. The number of hydrogen-bond donors (Lipinski definition) is 1. The number of hydrogen-bond acceptors (Lipinski definition) is 4. The maximum atomic E-state index is 13.3. The SMILES string of the molecule is CN(CCNC(=O)CN1C(=O)/C(=C/c2ccccc2)Sc2ccccc21)CCc1ccccc1. The lowest BCUT2D eigenvalue weighted by Crippen LogP contribution is -2.44. The first-order valence-corrected chi connectivity index (χ1v) is 12.3. The van der Waals surface area contributed by atoms with Gasteiger partial charge in [-0.05, 0) is 42.8 Å². The van der Waals surface area contributed by atoms with Crippen LogP contribution in [0.25, 0.3) is 6.08 Å². The molecule has 0 bridgehead atoms. The maximum absolute atomic E-state index is 13.3. The van der Waals surface area contributed by atoms with Crippen molar-refractivity contribution >= 4 is 35.3 Å². The highest BCUT2D eigenvalue weighted by molar-refractivity contribution is 8.04. The minimum Gasteiger partial charge on any atom is -0.353 e. The molecule has 0 unspecified atom stereocenters. The summed E-state index contributed by atoms with van der Waals surface area (Å²) in [5.74, 6) is -0.312. The van der Waals surface area contributed by atoms with Gasteiger partial charge in [-0.1, -0.05) is 84.6 Å². The predicted molar refractivity (Wildman–Crippen MR) is 140 cm³/mol. The van der Waals surface area contributed by atoms with Crippen molar-refractivity contribution < 1.29 is 9.59 Å². The highest BCUT2D eigenvalue weighted by Gasteiger charge is 2.30. The minimum absolute atomic E-state index is 0.00370. The van der Waals surface area contributed by atoms with Crippen molar-refractivity contribution in [1.29, 1.82) is 0 Å². The molecule has 3 aromatic carbocycles. The third-order valence-electron chi connectivity index (χ3n) is 5.67. The second-order valence-corrected chi connectivity index (χ2v) is 9.35. The van der Waals surface area contributed by atoms with E-state index in [1.807, 2.05) is 66.7 Å². The fraction of sp³-hybridized carbons (Fsp3) is 0.214. The molecule has 0 spiro atoms. The highest BCUT2D eigenvalue weighted by Crippen LogP contribution is 2.41. The van der Waals surface area contributed by atoms with Crippen LogP contribution < -0.4 is 10.2 Å². The van der Waals surface area contributed by atoms with Crippen LogP contribution in [0.15, 0.2) is 94.7 Å². The molecule has 1 aliphatic heterocycles. The molecule has 0 aliphatic carbocycles. The lowest BCUT2D eigenvalue weighted by molar-refractivity contribution is -0.122. The molecule has 1 aliphatic rings. The molecule has 1 N–H and O–H groups in total. The number of nitrogens with zero attached hydrogens (tertiary/aromatic N) is 2. The number of amides is 2. The van der Waals surface area contributed by atoms with Crippen molar-refractivity contribution in [2.45, 2.75) is 11.3 Å². The average molecular weight is 472 g/mol. The number of fused-ring (bicyclic) bond motifs is 1. The van der Waals surface area contributed by atoms with E-state index in [0.717, 1.165) is 35.7 Å². The van der Waals surface area contributed by atoms with Crippen molar-refractivity contribution in [2.75, 3.05) is 38.1 Å². The van der Waals surface area contributed by atoms with Gasteiger partial charge in [-0.25, -0.2) is 0 Å². The Morgan fingerprint density at radius 3 is 2.38 bits per heavy atom. The number of carbonyl (C=O) groups excluding carboxylic acids is 2. The van der Waals surface area contributed by atoms with Gasteiger partial charge in [0.1, 0.15) is 6.54 Å². The monoisotopic (exact) mass is 471 g/mol. The maximum Gasteiger partial charge on any atom is 0.265 e. The molecular formula is C28H29N3O2S. The number of rotatable bonds is 9. The quantitative estimate of drug-likeness (QED) is 0.468. The Labute approximate surface area is 205 Å². The second kappa shape index (κ2) is 11.7. The van der Waals surface area contributed by atoms with Gasteiger partial charge in [-0.3, -0.25) is 14.5 Å². The molecule has 0 saturated carbocycles. The Balaban J connectivity index is 1.34. The van der Waals surface area contributed by atoms with Crippen LogP contribution in [-0.2, 0) is 16.0 Å². The summed E-state index contributed by atoms with van der Waals surface area (Å²) < 4.78 is 0. The first kappa shape index (κ1) is 23.8. The van der Waals surface area contributed by atoms with Crippen LogP contribution >= 0.6 is 11.8 Å². The van der Waals surface area contributed by atoms with Gasteiger partial charge in [0.25, 0.3) is 5.91 Å². The Morgan fingerprint density at radius 2 is 1.62 bits per heavy atom. The van der Waals surface area contributed by atoms with Crippen LogP contribution in [0.2, 0.25) is 0 Å². The normalized spacial score (nSPS) is 14.4. The number of thioether (sulfide) groups is 1. The number of likely N-dealkylation sites (N-methyl/N-ethyl adjacent to an activating group) is 1. The topological polar surface area (TPSA) is 52.7 Å². The lowest BCUT2D eigenvalue weighted by atomic mass is 10.1. The molecule has 1 heterocycles. The van der Waals surface area contributed by atoms with Crippen LogP contribution in [0.1, 0.15) is 11.1 Å². The van der Waals surface area contributed by atoms with Crippen molar-refractivity contribution in [3.63, 3.8) is 0 Å². The van der Waals surface area contributed by atoms with Gasteiger partial charge in [0.15, 0.2) is 0 Å². The zero-order valence-electron chi connectivity index (χ0n) is 19.3. The number of para-hydroxylation sites is 1. The summed E-state index contributed by atoms with van der Waals surface area (Å²) in [4.78, 5) is 31.4. The standard InChI is InChI=1S/C28H29N3O2S/c1-30(18-16-22-10-4-2-5-11-22)19-17-29-27(32)21-31-24-14-8-9-15-25(24)34-26(28(31)33)20-23-12-6-3-7-13-23/h2-15,20H,16-19,21H2,1H3,(H,29,32)/b26-20-. The van der Waals surface area contributed by atoms with Crippen LogP contribution in [0, 0.1) is 0 Å². The average Bonchev–Trinajstić information content (AvgIpc) is 2.86. The third-order valence-corrected chi connectivity index (χ3v) is 6.75. The minimum atomic E-state index is -0.162. The Bertz CT molecular complexity index is 1150. The molecule has 0 radical (unpaired) electrons. The van der Waals surface area contributed by atoms with Gasteiger partial charge >= 0.3 is 0 Å². The molecule has 2 amide bonds. The second-order valence-electron chi connectivity index (χ2n) is 8.27. The van der Waals surface area contributed by atoms with Gasteiger partial charge in [0, 0.05) is 24.5 Å². The molecule has 0 atom stereocenters. The summed E-state index contributed by atoms with van der Waals surface area (Å²) in [7, 11) is 2.05. The van der Waals surface area contributed by atoms with E-state index in [2.05, 4.69) is 41.5 Å². The predicted octanol–water partition coefficient (Wildman–Crippen LogP) is 4.46. The van der Waals surface area contributed by atoms with E-state index < -0.39 is 0 Å². The first-order valence-electron chi connectivity index (χ1n) is 11.4. The zero-order valence-corrected chi connectivity index (χ0v) is 20.1. The van der Waals surface area contributed by atoms with Gasteiger partial charge in [-0.2, -0.15) is 0 Å². The molecule has 5 nitrogen and oxygen atoms in total. The van der Waals surface area contributed by atoms with Gasteiger partial charge in [0.05, 0.1) is 10.6 Å². The van der Waals surface area contributed by atoms with Gasteiger partial charge < -0.3 is 10.2 Å². The molecule has 4 rings (SSSR count). The first-order chi connectivity index (χ1) is 16.6. The Morgan fingerprint density at radius 1 is 0.941 bits per heavy atom. The van der Waals surface area contributed by atoms with Crippen molar-refractivity contribution in [2.24, 2.45) is 0 Å². The lowest BCUT2D eigenvalue weighted by Gasteiger charge is -2.30. The molecule has 6 heteroatoms. The largest absolute Gasteiger partial charge is 0.353 e. The zero-order chi connectivity index (χ0) is 23.8. The van der Waals surface area contributed by atoms with E-state index in [9.17, 15) is 9.59 Å². The number of benzene rings is 3. The van der Waals surface area contributed by atoms with E-state index in [0.29, 0.717) is 11.4 Å². The Kier molecular flexibility index (Phi) is 8.17. The van der Waals surface area contributed by atoms with Gasteiger partial charge in [0.2, 0.25) is 5.91 Å². The van der Waals surface area contributed by atoms with Crippen molar-refractivity contribution in [1.82, 2.24) is 10.2 Å². The fourth-order valence-corrected chi connectivity index (χ4v) is 4.84. The third kappa shape index (κ3) is 6.37. The molecular weight excluding hydrogens is 442 g/mol. The summed E-state index contributed by atoms with van der Waals surface area (Å²) in [6.07, 6.45) is 2.86. The number of nitrogens with one attached hydrogen (secondary N) is 1. The van der Waals surface area contributed by atoms with Crippen molar-refractivity contribution in [3.05, 3.63) is 101 Å². The smallest absolute Gasteiger partial charge is 0.265 e. The molecule has 0 aromatic heterocycles. The van der Waals surface area contributed by atoms with E-state index in [4.69, 9.17) is 0 Å². The van der Waals surface area contributed by atoms with Crippen LogP contribution in [-0.4, -0.2) is 49.9 Å². The van der Waals surface area contributed by atoms with E-state index in [1.54, 1.807) is 4.90 Å². The number of carbonyl (C=O) groups is 2. The summed E-state index contributed by atoms with van der Waals surface area (Å²) in [5, 5.41) is 2.97. The van der Waals surface area contributed by atoms with E-state index >= 15 is 0 Å². The van der Waals surface area contributed by atoms with Crippen LogP contribution in [0.3, 0.4) is 0 Å². The summed E-state index contributed by atoms with van der Waals surface area (Å²) in [5.41, 5.74) is 3.04. The van der Waals surface area contributed by atoms with E-state index in [1.165, 1.54) is 17.3 Å². The van der Waals surface area contributed by atoms with Crippen molar-refractivity contribution in [3.8, 4) is 0 Å². The van der Waals surface area contributed by atoms with Crippen LogP contribution in [0.4, 0.5) is 5.69 Å². The molecule has 0 fully saturated rings. The van der Waals surface area contributed by atoms with Crippen LogP contribution in [0.5, 0.6) is 0 Å². The Hall–Kier alpha value is -3.35. The summed E-state index contributed by atoms with van der Waals surface area (Å²) >= 11 is 1.45. The summed E-state index contributed by atoms with van der Waals surface area (Å²) in [6.45, 7) is 2.20. The van der Waals surface area contributed by atoms with Gasteiger partial charge in [-0.15, -0.1) is 0 Å². The highest BCUT2D eigenvalue weighted by atomic mass is 32.2. The molecule has 3 aromatic rings. The summed E-state index contributed by atoms with van der Waals surface area (Å²) in [6, 6.07) is 27.9. The fourth-order valence-electron chi connectivity index (χ4n) is 3.78. The molecule has 34 heavy (non-hydrogen) atoms. The van der Waals surface area contributed by atoms with E-state index in [-0.39, 0.29) is 18.4 Å². The molecule has 0 saturated heterocycles.